The van der Waals surface area contributed by atoms with Gasteiger partial charge in [0.2, 0.25) is 0 Å². The predicted octanol–water partition coefficient (Wildman–Crippen LogP) is 5.07. The first-order valence-corrected chi connectivity index (χ1v) is 12.3. The first-order chi connectivity index (χ1) is 15.8. The number of aliphatic hydroxyl groups excluding tert-OH is 1. The van der Waals surface area contributed by atoms with Crippen molar-refractivity contribution in [3.63, 3.8) is 0 Å². The van der Waals surface area contributed by atoms with E-state index in [9.17, 15) is 13.5 Å². The Morgan fingerprint density at radius 2 is 1.79 bits per heavy atom. The zero-order valence-corrected chi connectivity index (χ0v) is 19.4. The highest BCUT2D eigenvalue weighted by Crippen LogP contribution is 2.37. The van der Waals surface area contributed by atoms with Gasteiger partial charge in [0.25, 0.3) is 10.0 Å². The van der Waals surface area contributed by atoms with Gasteiger partial charge in [-0.15, -0.1) is 0 Å². The Balaban J connectivity index is 1.50. The number of aromatic nitrogens is 3. The second-order valence-corrected chi connectivity index (χ2v) is 10.1. The molecule has 0 radical (unpaired) electrons. The molecule has 5 rings (SSSR count). The van der Waals surface area contributed by atoms with Crippen LogP contribution in [-0.2, 0) is 10.0 Å². The lowest BCUT2D eigenvalue weighted by molar-refractivity contribution is 0.211. The summed E-state index contributed by atoms with van der Waals surface area (Å²) in [6, 6.07) is 13.1. The van der Waals surface area contributed by atoms with Crippen LogP contribution >= 0.6 is 23.2 Å². The van der Waals surface area contributed by atoms with Gasteiger partial charge in [0.1, 0.15) is 22.0 Å². The number of fused-ring (bicyclic) bond motifs is 1. The van der Waals surface area contributed by atoms with Crippen LogP contribution in [0, 0.1) is 0 Å². The summed E-state index contributed by atoms with van der Waals surface area (Å²) in [6.45, 7) is 0. The second-order valence-electron chi connectivity index (χ2n) is 7.68. The van der Waals surface area contributed by atoms with Crippen LogP contribution in [0.4, 0.5) is 5.69 Å². The summed E-state index contributed by atoms with van der Waals surface area (Å²) in [6.07, 6.45) is 7.09. The van der Waals surface area contributed by atoms with Gasteiger partial charge < -0.3 is 9.67 Å². The molecule has 1 aliphatic carbocycles. The van der Waals surface area contributed by atoms with Crippen LogP contribution in [-0.4, -0.2) is 34.2 Å². The molecule has 2 atom stereocenters. The number of anilines is 1. The number of benzene rings is 2. The number of nitrogens with zero attached hydrogens (tertiary/aromatic N) is 3. The van der Waals surface area contributed by atoms with Crippen LogP contribution < -0.4 is 4.72 Å². The summed E-state index contributed by atoms with van der Waals surface area (Å²) in [5.74, 6) is 0. The number of hydrogen-bond acceptors (Lipinski definition) is 5. The zero-order chi connectivity index (χ0) is 23.2. The van der Waals surface area contributed by atoms with Gasteiger partial charge in [-0.05, 0) is 29.8 Å². The molecule has 0 bridgehead atoms. The van der Waals surface area contributed by atoms with E-state index in [0.29, 0.717) is 28.3 Å². The lowest BCUT2D eigenvalue weighted by Gasteiger charge is -2.12. The van der Waals surface area contributed by atoms with E-state index >= 15 is 0 Å². The maximum absolute atomic E-state index is 12.7. The van der Waals surface area contributed by atoms with Gasteiger partial charge in [0, 0.05) is 23.9 Å². The van der Waals surface area contributed by atoms with Crippen molar-refractivity contribution in [2.75, 3.05) is 4.72 Å². The Morgan fingerprint density at radius 1 is 1.03 bits per heavy atom. The fourth-order valence-corrected chi connectivity index (χ4v) is 5.79. The van der Waals surface area contributed by atoms with E-state index in [1.54, 1.807) is 42.5 Å². The molecule has 2 unspecified atom stereocenters. The molecule has 0 fully saturated rings. The molecule has 0 saturated heterocycles. The molecule has 2 heterocycles. The number of rotatable bonds is 5. The smallest absolute Gasteiger partial charge is 0.263 e. The number of hydrogen-bond donors (Lipinski definition) is 2. The number of allylic oxidation sites excluding steroid dienone is 1. The predicted molar refractivity (Wildman–Crippen MR) is 129 cm³/mol. The van der Waals surface area contributed by atoms with E-state index in [-0.39, 0.29) is 16.0 Å². The fraction of sp³-hybridized carbons (Fsp3) is 0.130. The molecule has 0 saturated carbocycles. The minimum absolute atomic E-state index is 0.00884. The van der Waals surface area contributed by atoms with Crippen molar-refractivity contribution in [3.8, 4) is 11.1 Å². The minimum Gasteiger partial charge on any atom is -0.389 e. The number of sulfonamides is 1. The minimum atomic E-state index is -3.83. The number of nitrogens with one attached hydrogen (secondary N) is 1. The van der Waals surface area contributed by atoms with Crippen LogP contribution in [0.2, 0.25) is 10.2 Å². The van der Waals surface area contributed by atoms with E-state index in [2.05, 4.69) is 14.7 Å². The number of halogens is 2. The van der Waals surface area contributed by atoms with Crippen LogP contribution in [0.3, 0.4) is 0 Å². The topological polar surface area (TPSA) is 97.1 Å². The van der Waals surface area contributed by atoms with Crippen LogP contribution in [0.25, 0.3) is 22.2 Å². The molecule has 4 aromatic rings. The maximum atomic E-state index is 12.7. The largest absolute Gasteiger partial charge is 0.389 e. The SMILES string of the molecule is O=S(=O)(Nc1ccc(-c2cn(C3C=CC(O)C3)c3ncnc(Cl)c23)cc1)c1ccccc1Cl. The Morgan fingerprint density at radius 3 is 2.48 bits per heavy atom. The Hall–Kier alpha value is -2.91. The molecule has 7 nitrogen and oxygen atoms in total. The Bertz CT molecular complexity index is 1480. The lowest BCUT2D eigenvalue weighted by Crippen LogP contribution is -2.13. The third-order valence-corrected chi connectivity index (χ3v) is 7.70. The lowest BCUT2D eigenvalue weighted by atomic mass is 10.1. The van der Waals surface area contributed by atoms with Crippen molar-refractivity contribution in [2.45, 2.75) is 23.5 Å². The molecule has 2 N–H and O–H groups in total. The summed E-state index contributed by atoms with van der Waals surface area (Å²) >= 11 is 12.5. The average molecular weight is 501 g/mol. The molecule has 33 heavy (non-hydrogen) atoms. The molecule has 1 aliphatic rings. The van der Waals surface area contributed by atoms with Gasteiger partial charge in [-0.2, -0.15) is 0 Å². The van der Waals surface area contributed by atoms with Gasteiger partial charge >= 0.3 is 0 Å². The standard InChI is InChI=1S/C23H18Cl2N4O3S/c24-19-3-1-2-4-20(19)33(31,32)28-15-7-5-14(6-8-15)18-12-29(16-9-10-17(30)11-16)23-21(18)22(25)26-13-27-23/h1-10,12-13,16-17,28,30H,11H2. The molecule has 168 valence electrons. The third-order valence-electron chi connectivity index (χ3n) is 5.53. The van der Waals surface area contributed by atoms with Crippen molar-refractivity contribution < 1.29 is 13.5 Å². The fourth-order valence-electron chi connectivity index (χ4n) is 3.98. The number of aliphatic hydroxyl groups is 1. The normalized spacial score (nSPS) is 18.2. The highest BCUT2D eigenvalue weighted by Gasteiger charge is 2.24. The first kappa shape index (κ1) is 21.9. The molecule has 0 amide bonds. The van der Waals surface area contributed by atoms with Gasteiger partial charge in [-0.1, -0.05) is 59.6 Å². The molecule has 2 aromatic heterocycles. The molecular weight excluding hydrogens is 483 g/mol. The van der Waals surface area contributed by atoms with E-state index < -0.39 is 16.1 Å². The molecule has 0 spiro atoms. The van der Waals surface area contributed by atoms with Crippen molar-refractivity contribution >= 4 is 49.9 Å². The van der Waals surface area contributed by atoms with Crippen molar-refractivity contribution in [1.82, 2.24) is 14.5 Å². The van der Waals surface area contributed by atoms with E-state index in [1.807, 2.05) is 16.8 Å². The Labute approximate surface area is 200 Å². The van der Waals surface area contributed by atoms with Crippen LogP contribution in [0.1, 0.15) is 12.5 Å². The summed E-state index contributed by atoms with van der Waals surface area (Å²) < 4.78 is 30.0. The van der Waals surface area contributed by atoms with Crippen molar-refractivity contribution in [3.05, 3.63) is 83.4 Å². The van der Waals surface area contributed by atoms with E-state index in [1.165, 1.54) is 18.5 Å². The van der Waals surface area contributed by atoms with Gasteiger partial charge in [0.15, 0.2) is 0 Å². The van der Waals surface area contributed by atoms with Crippen molar-refractivity contribution in [1.29, 1.82) is 0 Å². The van der Waals surface area contributed by atoms with E-state index in [0.717, 1.165) is 11.1 Å². The summed E-state index contributed by atoms with van der Waals surface area (Å²) in [5.41, 5.74) is 2.69. The van der Waals surface area contributed by atoms with E-state index in [4.69, 9.17) is 23.2 Å². The molecule has 10 heteroatoms. The quantitative estimate of drug-likeness (QED) is 0.294. The van der Waals surface area contributed by atoms with Gasteiger partial charge in [-0.3, -0.25) is 4.72 Å². The summed E-state index contributed by atoms with van der Waals surface area (Å²) in [4.78, 5) is 8.55. The highest BCUT2D eigenvalue weighted by atomic mass is 35.5. The summed E-state index contributed by atoms with van der Waals surface area (Å²) in [5, 5.41) is 11.1. The van der Waals surface area contributed by atoms with Gasteiger partial charge in [-0.25, -0.2) is 18.4 Å². The Kier molecular flexibility index (Phi) is 5.62. The maximum Gasteiger partial charge on any atom is 0.263 e. The third kappa shape index (κ3) is 4.11. The average Bonchev–Trinajstić information content (AvgIpc) is 3.39. The van der Waals surface area contributed by atoms with Crippen molar-refractivity contribution in [2.24, 2.45) is 0 Å². The van der Waals surface area contributed by atoms with Crippen LogP contribution in [0.15, 0.2) is 78.1 Å². The van der Waals surface area contributed by atoms with Gasteiger partial charge in [0.05, 0.1) is 22.6 Å². The zero-order valence-electron chi connectivity index (χ0n) is 17.1. The second kappa shape index (κ2) is 8.46. The molecular formula is C23H18Cl2N4O3S. The molecule has 2 aromatic carbocycles. The summed E-state index contributed by atoms with van der Waals surface area (Å²) in [7, 11) is -3.83. The van der Waals surface area contributed by atoms with Crippen LogP contribution in [0.5, 0.6) is 0 Å². The highest BCUT2D eigenvalue weighted by molar-refractivity contribution is 7.92. The molecule has 0 aliphatic heterocycles. The monoisotopic (exact) mass is 500 g/mol. The first-order valence-electron chi connectivity index (χ1n) is 10.1.